The Labute approximate surface area is 82.2 Å². The number of nitrogens with two attached hydrogens (primary N) is 1. The van der Waals surface area contributed by atoms with Crippen molar-refractivity contribution in [1.82, 2.24) is 19.3 Å². The Bertz CT molecular complexity index is 466. The first-order valence-corrected chi connectivity index (χ1v) is 4.37. The number of aryl methyl sites for hydroxylation is 2. The van der Waals surface area contributed by atoms with Gasteiger partial charge in [-0.2, -0.15) is 5.10 Å². The van der Waals surface area contributed by atoms with Gasteiger partial charge in [0.2, 0.25) is 0 Å². The Morgan fingerprint density at radius 2 is 2.07 bits per heavy atom. The Morgan fingerprint density at radius 3 is 2.50 bits per heavy atom. The maximum absolute atomic E-state index is 5.81. The van der Waals surface area contributed by atoms with Gasteiger partial charge in [0.1, 0.15) is 17.2 Å². The summed E-state index contributed by atoms with van der Waals surface area (Å²) in [5, 5.41) is 4.31. The van der Waals surface area contributed by atoms with Gasteiger partial charge in [0.25, 0.3) is 0 Å². The summed E-state index contributed by atoms with van der Waals surface area (Å²) in [5.74, 6) is 0.686. The van der Waals surface area contributed by atoms with Crippen LogP contribution in [0.2, 0.25) is 0 Å². The minimum Gasteiger partial charge on any atom is -0.384 e. The van der Waals surface area contributed by atoms with E-state index in [9.17, 15) is 0 Å². The third-order valence-electron chi connectivity index (χ3n) is 2.29. The summed E-state index contributed by atoms with van der Waals surface area (Å²) in [6.45, 7) is 1.95. The van der Waals surface area contributed by atoms with Gasteiger partial charge in [-0.15, -0.1) is 0 Å². The molecule has 0 aromatic carbocycles. The van der Waals surface area contributed by atoms with Gasteiger partial charge in [-0.25, -0.2) is 4.98 Å². The van der Waals surface area contributed by atoms with Gasteiger partial charge in [0.05, 0.1) is 6.33 Å². The molecule has 14 heavy (non-hydrogen) atoms. The van der Waals surface area contributed by atoms with Gasteiger partial charge in [0.15, 0.2) is 0 Å². The Hall–Kier alpha value is -1.78. The molecule has 0 spiro atoms. The van der Waals surface area contributed by atoms with Crippen LogP contribution in [0.5, 0.6) is 0 Å². The lowest BCUT2D eigenvalue weighted by Crippen LogP contribution is -1.97. The second kappa shape index (κ2) is 2.87. The van der Waals surface area contributed by atoms with Crippen molar-refractivity contribution in [1.29, 1.82) is 0 Å². The molecule has 0 unspecified atom stereocenters. The van der Waals surface area contributed by atoms with E-state index < -0.39 is 0 Å². The minimum atomic E-state index is 0.686. The molecule has 74 valence electrons. The maximum atomic E-state index is 5.81. The van der Waals surface area contributed by atoms with Crippen molar-refractivity contribution in [2.24, 2.45) is 14.1 Å². The van der Waals surface area contributed by atoms with Crippen molar-refractivity contribution >= 4 is 5.82 Å². The van der Waals surface area contributed by atoms with Crippen molar-refractivity contribution in [2.75, 3.05) is 5.73 Å². The highest BCUT2D eigenvalue weighted by atomic mass is 15.3. The zero-order valence-corrected chi connectivity index (χ0v) is 8.52. The van der Waals surface area contributed by atoms with Crippen LogP contribution in [0.1, 0.15) is 5.56 Å². The monoisotopic (exact) mass is 191 g/mol. The van der Waals surface area contributed by atoms with E-state index in [4.69, 9.17) is 5.73 Å². The predicted molar refractivity (Wildman–Crippen MR) is 54.6 cm³/mol. The lowest BCUT2D eigenvalue weighted by Gasteiger charge is -1.92. The number of rotatable bonds is 1. The molecular formula is C9H13N5. The van der Waals surface area contributed by atoms with Crippen LogP contribution in [-0.2, 0) is 14.1 Å². The van der Waals surface area contributed by atoms with Gasteiger partial charge in [0, 0.05) is 25.9 Å². The lowest BCUT2D eigenvalue weighted by molar-refractivity contribution is 0.781. The summed E-state index contributed by atoms with van der Waals surface area (Å²) in [4.78, 5) is 4.23. The van der Waals surface area contributed by atoms with Crippen LogP contribution in [0, 0.1) is 6.92 Å². The zero-order valence-electron chi connectivity index (χ0n) is 8.52. The molecule has 5 heteroatoms. The summed E-state index contributed by atoms with van der Waals surface area (Å²) in [5.41, 5.74) is 8.50. The summed E-state index contributed by atoms with van der Waals surface area (Å²) < 4.78 is 3.55. The van der Waals surface area contributed by atoms with E-state index in [1.165, 1.54) is 0 Å². The Kier molecular flexibility index (Phi) is 1.80. The molecule has 2 heterocycles. The topological polar surface area (TPSA) is 61.7 Å². The van der Waals surface area contributed by atoms with Crippen LogP contribution in [-0.4, -0.2) is 19.3 Å². The summed E-state index contributed by atoms with van der Waals surface area (Å²) >= 11 is 0. The van der Waals surface area contributed by atoms with Gasteiger partial charge in [-0.1, -0.05) is 0 Å². The first-order chi connectivity index (χ1) is 6.59. The third kappa shape index (κ3) is 1.17. The van der Waals surface area contributed by atoms with Gasteiger partial charge in [-0.05, 0) is 6.92 Å². The molecule has 0 bridgehead atoms. The van der Waals surface area contributed by atoms with E-state index in [-0.39, 0.29) is 0 Å². The molecule has 2 N–H and O–H groups in total. The van der Waals surface area contributed by atoms with Crippen LogP contribution in [0.3, 0.4) is 0 Å². The molecule has 0 atom stereocenters. The van der Waals surface area contributed by atoms with Crippen molar-refractivity contribution < 1.29 is 0 Å². The van der Waals surface area contributed by atoms with E-state index in [0.717, 1.165) is 17.0 Å². The number of nitrogens with zero attached hydrogens (tertiary/aromatic N) is 4. The second-order valence-electron chi connectivity index (χ2n) is 3.41. The fourth-order valence-corrected chi connectivity index (χ4v) is 1.42. The maximum Gasteiger partial charge on any atom is 0.124 e. The number of aromatic nitrogens is 4. The van der Waals surface area contributed by atoms with Crippen LogP contribution < -0.4 is 5.73 Å². The largest absolute Gasteiger partial charge is 0.384 e. The first-order valence-electron chi connectivity index (χ1n) is 4.37. The lowest BCUT2D eigenvalue weighted by atomic mass is 10.2. The summed E-state index contributed by atoms with van der Waals surface area (Å²) in [6.07, 6.45) is 3.68. The normalized spacial score (nSPS) is 10.8. The highest BCUT2D eigenvalue weighted by Crippen LogP contribution is 2.23. The van der Waals surface area contributed by atoms with E-state index in [0.29, 0.717) is 5.82 Å². The molecule has 0 aliphatic heterocycles. The number of imidazole rings is 1. The fourth-order valence-electron chi connectivity index (χ4n) is 1.42. The molecule has 2 aromatic rings. The Balaban J connectivity index is 2.57. The average Bonchev–Trinajstić information content (AvgIpc) is 2.66. The molecule has 0 saturated heterocycles. The third-order valence-corrected chi connectivity index (χ3v) is 2.29. The molecule has 2 rings (SSSR count). The summed E-state index contributed by atoms with van der Waals surface area (Å²) in [6, 6.07) is 0. The van der Waals surface area contributed by atoms with Gasteiger partial charge < -0.3 is 10.3 Å². The van der Waals surface area contributed by atoms with Crippen molar-refractivity contribution in [3.05, 3.63) is 18.1 Å². The molecule has 5 nitrogen and oxygen atoms in total. The number of hydrogen-bond acceptors (Lipinski definition) is 3. The van der Waals surface area contributed by atoms with Crippen molar-refractivity contribution in [3.63, 3.8) is 0 Å². The second-order valence-corrected chi connectivity index (χ2v) is 3.41. The Morgan fingerprint density at radius 1 is 1.36 bits per heavy atom. The number of anilines is 1. The van der Waals surface area contributed by atoms with Gasteiger partial charge in [-0.3, -0.25) is 4.68 Å². The zero-order chi connectivity index (χ0) is 10.3. The molecule has 0 aliphatic rings. The van der Waals surface area contributed by atoms with E-state index in [1.54, 1.807) is 11.0 Å². The molecular weight excluding hydrogens is 178 g/mol. The highest BCUT2D eigenvalue weighted by Gasteiger charge is 2.12. The minimum absolute atomic E-state index is 0.686. The average molecular weight is 191 g/mol. The van der Waals surface area contributed by atoms with E-state index in [1.807, 2.05) is 31.8 Å². The molecule has 0 radical (unpaired) electrons. The highest BCUT2D eigenvalue weighted by molar-refractivity contribution is 5.64. The van der Waals surface area contributed by atoms with E-state index in [2.05, 4.69) is 10.1 Å². The fraction of sp³-hybridized carbons (Fsp3) is 0.333. The SMILES string of the molecule is Cc1c(-c2cn(C)cn2)nn(C)c1N. The van der Waals surface area contributed by atoms with Crippen LogP contribution in [0.25, 0.3) is 11.4 Å². The smallest absolute Gasteiger partial charge is 0.124 e. The van der Waals surface area contributed by atoms with Crippen LogP contribution >= 0.6 is 0 Å². The predicted octanol–water partition coefficient (Wildman–Crippen LogP) is 0.711. The first kappa shape index (κ1) is 8.80. The van der Waals surface area contributed by atoms with Crippen molar-refractivity contribution in [2.45, 2.75) is 6.92 Å². The van der Waals surface area contributed by atoms with Crippen molar-refractivity contribution in [3.8, 4) is 11.4 Å². The van der Waals surface area contributed by atoms with E-state index >= 15 is 0 Å². The standard InChI is InChI=1S/C9H13N5/c1-6-8(12-14(3)9(6)10)7-4-13(2)5-11-7/h4-5H,10H2,1-3H3. The molecule has 0 aliphatic carbocycles. The molecule has 0 amide bonds. The molecule has 2 aromatic heterocycles. The molecule has 0 saturated carbocycles. The molecule has 0 fully saturated rings. The van der Waals surface area contributed by atoms with Crippen LogP contribution in [0.4, 0.5) is 5.82 Å². The number of hydrogen-bond donors (Lipinski definition) is 1. The van der Waals surface area contributed by atoms with Gasteiger partial charge >= 0.3 is 0 Å². The number of nitrogen functional groups attached to an aromatic ring is 1. The summed E-state index contributed by atoms with van der Waals surface area (Å²) in [7, 11) is 3.76. The van der Waals surface area contributed by atoms with Crippen LogP contribution in [0.15, 0.2) is 12.5 Å². The quantitative estimate of drug-likeness (QED) is 0.722.